The van der Waals surface area contributed by atoms with Crippen molar-refractivity contribution in [1.82, 2.24) is 24.7 Å². The van der Waals surface area contributed by atoms with Crippen LogP contribution < -0.4 is 0 Å². The Hall–Kier alpha value is -4.06. The molecule has 1 N–H and O–H groups in total. The van der Waals surface area contributed by atoms with Gasteiger partial charge < -0.3 is 9.52 Å². The molecule has 8 nitrogen and oxygen atoms in total. The van der Waals surface area contributed by atoms with Crippen LogP contribution in [0.15, 0.2) is 53.4 Å². The van der Waals surface area contributed by atoms with Gasteiger partial charge in [-0.3, -0.25) is 4.68 Å². The largest absolute Gasteiger partial charge is 0.492 e. The molecule has 9 heteroatoms. The Kier molecular flexibility index (Phi) is 4.06. The molecule has 0 saturated heterocycles. The lowest BCUT2D eigenvalue weighted by Gasteiger charge is -2.06. The molecule has 4 aromatic rings. The summed E-state index contributed by atoms with van der Waals surface area (Å²) in [7, 11) is 0. The molecule has 0 aliphatic rings. The number of hydrogen-bond acceptors (Lipinski definition) is 7. The summed E-state index contributed by atoms with van der Waals surface area (Å²) in [6.07, 6.45) is 4.11. The summed E-state index contributed by atoms with van der Waals surface area (Å²) in [6.45, 7) is 0.132. The number of benzene rings is 1. The Morgan fingerprint density at radius 1 is 1.26 bits per heavy atom. The number of hydrogen-bond donors (Lipinski definition) is 1. The fourth-order valence-electron chi connectivity index (χ4n) is 2.53. The lowest BCUT2D eigenvalue weighted by atomic mass is 10.2. The lowest BCUT2D eigenvalue weighted by molar-refractivity contribution is 0.450. The molecule has 0 saturated carbocycles. The van der Waals surface area contributed by atoms with Crippen molar-refractivity contribution in [3.8, 4) is 35.1 Å². The van der Waals surface area contributed by atoms with Crippen LogP contribution in [0.1, 0.15) is 11.1 Å². The third kappa shape index (κ3) is 3.11. The second-order valence-electron chi connectivity index (χ2n) is 5.54. The van der Waals surface area contributed by atoms with E-state index in [0.717, 1.165) is 0 Å². The zero-order valence-electron chi connectivity index (χ0n) is 13.7. The van der Waals surface area contributed by atoms with Crippen molar-refractivity contribution in [2.75, 3.05) is 0 Å². The normalized spacial score (nSPS) is 10.7. The molecule has 0 fully saturated rings. The van der Waals surface area contributed by atoms with E-state index in [-0.39, 0.29) is 23.7 Å². The first-order valence-electron chi connectivity index (χ1n) is 7.83. The van der Waals surface area contributed by atoms with Crippen LogP contribution in [-0.2, 0) is 6.54 Å². The molecule has 0 aliphatic heterocycles. The molecule has 0 unspecified atom stereocenters. The van der Waals surface area contributed by atoms with Gasteiger partial charge in [0.05, 0.1) is 18.9 Å². The first kappa shape index (κ1) is 16.4. The van der Waals surface area contributed by atoms with Crippen LogP contribution in [0.25, 0.3) is 23.1 Å². The van der Waals surface area contributed by atoms with Crippen LogP contribution >= 0.6 is 0 Å². The molecule has 0 amide bonds. The zero-order valence-corrected chi connectivity index (χ0v) is 13.7. The van der Waals surface area contributed by atoms with E-state index in [1.54, 1.807) is 30.3 Å². The highest BCUT2D eigenvalue weighted by Crippen LogP contribution is 2.26. The van der Waals surface area contributed by atoms with Crippen LogP contribution in [0, 0.1) is 17.1 Å². The van der Waals surface area contributed by atoms with Crippen LogP contribution in [0.2, 0.25) is 0 Å². The van der Waals surface area contributed by atoms with E-state index >= 15 is 0 Å². The highest BCUT2D eigenvalue weighted by Gasteiger charge is 2.18. The number of nitrogens with zero attached hydrogens (tertiary/aromatic N) is 6. The number of rotatable bonds is 4. The second kappa shape index (κ2) is 6.68. The first-order valence-corrected chi connectivity index (χ1v) is 7.83. The summed E-state index contributed by atoms with van der Waals surface area (Å²) < 4.78 is 20.9. The monoisotopic (exact) mass is 362 g/mol. The lowest BCUT2D eigenvalue weighted by Crippen LogP contribution is -2.06. The topological polar surface area (TPSA) is 114 Å². The summed E-state index contributed by atoms with van der Waals surface area (Å²) in [6, 6.07) is 9.76. The Morgan fingerprint density at radius 2 is 2.11 bits per heavy atom. The molecule has 0 atom stereocenters. The van der Waals surface area contributed by atoms with Gasteiger partial charge in [0.15, 0.2) is 5.82 Å². The minimum absolute atomic E-state index is 0.0440. The molecule has 0 spiro atoms. The van der Waals surface area contributed by atoms with Crippen molar-refractivity contribution < 1.29 is 13.9 Å². The molecular formula is C18H11FN6O2. The molecule has 4 rings (SSSR count). The van der Waals surface area contributed by atoms with E-state index in [1.807, 2.05) is 0 Å². The van der Waals surface area contributed by atoms with Crippen LogP contribution in [0.5, 0.6) is 5.88 Å². The van der Waals surface area contributed by atoms with Crippen molar-refractivity contribution in [3.63, 3.8) is 0 Å². The van der Waals surface area contributed by atoms with Crippen LogP contribution in [0.4, 0.5) is 4.39 Å². The Bertz CT molecular complexity index is 1150. The van der Waals surface area contributed by atoms with Gasteiger partial charge in [0, 0.05) is 11.6 Å². The van der Waals surface area contributed by atoms with E-state index in [0.29, 0.717) is 22.8 Å². The van der Waals surface area contributed by atoms with E-state index in [9.17, 15) is 9.50 Å². The quantitative estimate of drug-likeness (QED) is 0.594. The third-order valence-corrected chi connectivity index (χ3v) is 3.83. The standard InChI is InChI=1S/C18H11FN6O2/c19-13-4-2-1-3-11(13)10-25-15(18-21-5-6-27-18)7-14(24-25)16-22-9-12(8-20)17(26)23-16/h1-7,9H,10H2,(H,22,23,26). The summed E-state index contributed by atoms with van der Waals surface area (Å²) >= 11 is 0. The smallest absolute Gasteiger partial charge is 0.244 e. The molecule has 1 aromatic carbocycles. The molecule has 3 aromatic heterocycles. The first-order chi connectivity index (χ1) is 13.2. The molecule has 0 aliphatic carbocycles. The SMILES string of the molecule is N#Cc1cnc(-c2cc(-c3ncco3)n(Cc3ccccc3F)n2)nc1O. The minimum atomic E-state index is -0.441. The van der Waals surface area contributed by atoms with Crippen molar-refractivity contribution >= 4 is 0 Å². The number of aromatic hydroxyl groups is 1. The fraction of sp³-hybridized carbons (Fsp3) is 0.0556. The van der Waals surface area contributed by atoms with Gasteiger partial charge in [-0.15, -0.1) is 0 Å². The molecule has 0 radical (unpaired) electrons. The summed E-state index contributed by atoms with van der Waals surface area (Å²) in [4.78, 5) is 12.1. The van der Waals surface area contributed by atoms with Crippen LogP contribution in [-0.4, -0.2) is 29.8 Å². The second-order valence-corrected chi connectivity index (χ2v) is 5.54. The van der Waals surface area contributed by atoms with Crippen molar-refractivity contribution in [2.45, 2.75) is 6.54 Å². The Morgan fingerprint density at radius 3 is 2.81 bits per heavy atom. The highest BCUT2D eigenvalue weighted by molar-refractivity contribution is 5.60. The summed E-state index contributed by atoms with van der Waals surface area (Å²) in [5.41, 5.74) is 1.20. The average molecular weight is 362 g/mol. The van der Waals surface area contributed by atoms with Crippen molar-refractivity contribution in [3.05, 3.63) is 65.9 Å². The van der Waals surface area contributed by atoms with Gasteiger partial charge in [-0.1, -0.05) is 18.2 Å². The maximum atomic E-state index is 14.0. The average Bonchev–Trinajstić information content (AvgIpc) is 3.33. The Labute approximate surface area is 152 Å². The van der Waals surface area contributed by atoms with Gasteiger partial charge in [0.25, 0.3) is 0 Å². The predicted molar refractivity (Wildman–Crippen MR) is 90.6 cm³/mol. The zero-order chi connectivity index (χ0) is 18.8. The summed E-state index contributed by atoms with van der Waals surface area (Å²) in [5.74, 6) is -0.390. The molecule has 132 valence electrons. The molecule has 27 heavy (non-hydrogen) atoms. The predicted octanol–water partition coefficient (Wildman–Crippen LogP) is 2.76. The van der Waals surface area contributed by atoms with Crippen LogP contribution in [0.3, 0.4) is 0 Å². The van der Waals surface area contributed by atoms with Gasteiger partial charge in [-0.25, -0.2) is 14.4 Å². The number of halogens is 1. The van der Waals surface area contributed by atoms with Gasteiger partial charge in [0.2, 0.25) is 11.8 Å². The van der Waals surface area contributed by atoms with E-state index in [4.69, 9.17) is 9.68 Å². The van der Waals surface area contributed by atoms with E-state index in [1.165, 1.54) is 29.4 Å². The molecule has 3 heterocycles. The molecule has 0 bridgehead atoms. The highest BCUT2D eigenvalue weighted by atomic mass is 19.1. The van der Waals surface area contributed by atoms with Gasteiger partial charge in [0.1, 0.15) is 35.1 Å². The van der Waals surface area contributed by atoms with Gasteiger partial charge in [-0.05, 0) is 6.07 Å². The maximum absolute atomic E-state index is 14.0. The van der Waals surface area contributed by atoms with E-state index in [2.05, 4.69) is 20.1 Å². The Balaban J connectivity index is 1.80. The maximum Gasteiger partial charge on any atom is 0.244 e. The van der Waals surface area contributed by atoms with Crippen molar-refractivity contribution in [2.24, 2.45) is 0 Å². The number of nitriles is 1. The fourth-order valence-corrected chi connectivity index (χ4v) is 2.53. The number of oxazole rings is 1. The third-order valence-electron chi connectivity index (χ3n) is 3.83. The van der Waals surface area contributed by atoms with E-state index < -0.39 is 5.88 Å². The summed E-state index contributed by atoms with van der Waals surface area (Å²) in [5, 5.41) is 23.1. The number of aromatic nitrogens is 5. The van der Waals surface area contributed by atoms with Gasteiger partial charge in [-0.2, -0.15) is 15.3 Å². The van der Waals surface area contributed by atoms with Gasteiger partial charge >= 0.3 is 0 Å². The molecular weight excluding hydrogens is 351 g/mol. The minimum Gasteiger partial charge on any atom is -0.492 e. The van der Waals surface area contributed by atoms with Crippen molar-refractivity contribution in [1.29, 1.82) is 5.26 Å².